The molecule has 0 atom stereocenters. The van der Waals surface area contributed by atoms with Crippen molar-refractivity contribution in [1.82, 2.24) is 4.57 Å². The molecule has 0 saturated carbocycles. The van der Waals surface area contributed by atoms with Crippen LogP contribution in [-0.2, 0) is 16.1 Å². The molecule has 0 radical (unpaired) electrons. The Bertz CT molecular complexity index is 1120. The van der Waals surface area contributed by atoms with Crippen molar-refractivity contribution in [2.45, 2.75) is 13.5 Å². The maximum absolute atomic E-state index is 12.5. The Labute approximate surface area is 163 Å². The van der Waals surface area contributed by atoms with Crippen molar-refractivity contribution in [1.29, 1.82) is 5.26 Å². The third kappa shape index (κ3) is 4.25. The van der Waals surface area contributed by atoms with Gasteiger partial charge in [0.15, 0.2) is 4.80 Å². The van der Waals surface area contributed by atoms with Crippen molar-refractivity contribution < 1.29 is 14.3 Å². The molecule has 1 heterocycles. The van der Waals surface area contributed by atoms with Crippen LogP contribution in [0.25, 0.3) is 10.2 Å². The SMILES string of the molecule is CCOC(=O)Cn1c(=NC(=O)c2ccc(C#N)cc2)sc2cc(Cl)ccc21. The molecule has 0 bridgehead atoms. The van der Waals surface area contributed by atoms with Crippen LogP contribution >= 0.6 is 22.9 Å². The Morgan fingerprint density at radius 3 is 2.67 bits per heavy atom. The number of aromatic nitrogens is 1. The number of carbonyl (C=O) groups excluding carboxylic acids is 2. The summed E-state index contributed by atoms with van der Waals surface area (Å²) in [6.07, 6.45) is 0. The van der Waals surface area contributed by atoms with Crippen LogP contribution < -0.4 is 4.80 Å². The zero-order valence-corrected chi connectivity index (χ0v) is 15.9. The average molecular weight is 400 g/mol. The van der Waals surface area contributed by atoms with Gasteiger partial charge in [-0.1, -0.05) is 22.9 Å². The highest BCUT2D eigenvalue weighted by Crippen LogP contribution is 2.22. The van der Waals surface area contributed by atoms with Crippen molar-refractivity contribution in [3.05, 3.63) is 63.4 Å². The van der Waals surface area contributed by atoms with E-state index in [0.29, 0.717) is 21.0 Å². The maximum Gasteiger partial charge on any atom is 0.326 e. The standard InChI is InChI=1S/C19H14ClN3O3S/c1-2-26-17(24)11-23-15-8-7-14(20)9-16(15)27-19(23)22-18(25)13-5-3-12(10-21)4-6-13/h3-9H,2,11H2,1H3. The number of nitrogens with zero attached hydrogens (tertiary/aromatic N) is 3. The molecule has 2 aromatic carbocycles. The Kier molecular flexibility index (Phi) is 5.69. The van der Waals surface area contributed by atoms with Crippen molar-refractivity contribution in [2.75, 3.05) is 6.61 Å². The van der Waals surface area contributed by atoms with E-state index < -0.39 is 11.9 Å². The Balaban J connectivity index is 2.07. The molecule has 8 heteroatoms. The second-order valence-corrected chi connectivity index (χ2v) is 6.94. The number of nitriles is 1. The first-order chi connectivity index (χ1) is 13.0. The zero-order chi connectivity index (χ0) is 19.4. The molecule has 0 N–H and O–H groups in total. The van der Waals surface area contributed by atoms with E-state index in [2.05, 4.69) is 4.99 Å². The minimum Gasteiger partial charge on any atom is -0.465 e. The summed E-state index contributed by atoms with van der Waals surface area (Å²) in [5.74, 6) is -0.880. The first-order valence-corrected chi connectivity index (χ1v) is 9.25. The van der Waals surface area contributed by atoms with Gasteiger partial charge in [0, 0.05) is 10.6 Å². The number of ether oxygens (including phenoxy) is 1. The molecule has 136 valence electrons. The summed E-state index contributed by atoms with van der Waals surface area (Å²) in [5.41, 5.74) is 1.55. The van der Waals surface area contributed by atoms with E-state index in [1.54, 1.807) is 54.0 Å². The van der Waals surface area contributed by atoms with Crippen LogP contribution in [0.1, 0.15) is 22.8 Å². The predicted octanol–water partition coefficient (Wildman–Crippen LogP) is 3.53. The summed E-state index contributed by atoms with van der Waals surface area (Å²) in [6, 6.07) is 13.5. The van der Waals surface area contributed by atoms with Crippen molar-refractivity contribution >= 4 is 45.0 Å². The lowest BCUT2D eigenvalue weighted by atomic mass is 10.1. The number of halogens is 1. The minimum atomic E-state index is -0.463. The lowest BCUT2D eigenvalue weighted by molar-refractivity contribution is -0.143. The first kappa shape index (κ1) is 18.8. The molecule has 1 aromatic heterocycles. The van der Waals surface area contributed by atoms with E-state index >= 15 is 0 Å². The van der Waals surface area contributed by atoms with E-state index in [1.165, 1.54) is 11.3 Å². The number of hydrogen-bond donors (Lipinski definition) is 0. The van der Waals surface area contributed by atoms with Gasteiger partial charge < -0.3 is 9.30 Å². The average Bonchev–Trinajstić information content (AvgIpc) is 2.98. The number of amides is 1. The number of thiazole rings is 1. The van der Waals surface area contributed by atoms with E-state index in [-0.39, 0.29) is 13.2 Å². The zero-order valence-electron chi connectivity index (χ0n) is 14.3. The summed E-state index contributed by atoms with van der Waals surface area (Å²) < 4.78 is 7.46. The largest absolute Gasteiger partial charge is 0.465 e. The van der Waals surface area contributed by atoms with Gasteiger partial charge in [0.1, 0.15) is 6.54 Å². The van der Waals surface area contributed by atoms with Crippen LogP contribution in [0.3, 0.4) is 0 Å². The molecule has 0 unspecified atom stereocenters. The van der Waals surface area contributed by atoms with Crippen molar-refractivity contribution in [3.63, 3.8) is 0 Å². The highest BCUT2D eigenvalue weighted by atomic mass is 35.5. The van der Waals surface area contributed by atoms with Crippen LogP contribution in [0.2, 0.25) is 5.02 Å². The van der Waals surface area contributed by atoms with Gasteiger partial charge >= 0.3 is 5.97 Å². The summed E-state index contributed by atoms with van der Waals surface area (Å²) in [4.78, 5) is 29.0. The van der Waals surface area contributed by atoms with Gasteiger partial charge in [-0.05, 0) is 49.4 Å². The molecule has 0 aliphatic carbocycles. The number of benzene rings is 2. The molecule has 0 saturated heterocycles. The number of esters is 1. The Morgan fingerprint density at radius 1 is 1.26 bits per heavy atom. The summed E-state index contributed by atoms with van der Waals surface area (Å²) >= 11 is 7.31. The van der Waals surface area contributed by atoms with Gasteiger partial charge in [0.05, 0.1) is 28.5 Å². The van der Waals surface area contributed by atoms with Gasteiger partial charge in [-0.25, -0.2) is 0 Å². The van der Waals surface area contributed by atoms with Crippen LogP contribution in [-0.4, -0.2) is 23.1 Å². The van der Waals surface area contributed by atoms with E-state index in [4.69, 9.17) is 21.6 Å². The third-order valence-corrected chi connectivity index (χ3v) is 4.97. The number of rotatable bonds is 4. The molecule has 0 aliphatic rings. The minimum absolute atomic E-state index is 0.0606. The molecule has 0 spiro atoms. The van der Waals surface area contributed by atoms with Gasteiger partial charge in [-0.3, -0.25) is 9.59 Å². The van der Waals surface area contributed by atoms with Crippen LogP contribution in [0.4, 0.5) is 0 Å². The van der Waals surface area contributed by atoms with E-state index in [1.807, 2.05) is 6.07 Å². The number of fused-ring (bicyclic) bond motifs is 1. The molecule has 1 amide bonds. The predicted molar refractivity (Wildman–Crippen MR) is 103 cm³/mol. The molecule has 0 aliphatic heterocycles. The number of hydrogen-bond acceptors (Lipinski definition) is 5. The molecule has 27 heavy (non-hydrogen) atoms. The van der Waals surface area contributed by atoms with Crippen molar-refractivity contribution in [2.24, 2.45) is 4.99 Å². The highest BCUT2D eigenvalue weighted by Gasteiger charge is 2.13. The summed E-state index contributed by atoms with van der Waals surface area (Å²) in [7, 11) is 0. The summed E-state index contributed by atoms with van der Waals surface area (Å²) in [6.45, 7) is 1.94. The number of carbonyl (C=O) groups is 2. The van der Waals surface area contributed by atoms with E-state index in [9.17, 15) is 9.59 Å². The van der Waals surface area contributed by atoms with E-state index in [0.717, 1.165) is 10.2 Å². The highest BCUT2D eigenvalue weighted by molar-refractivity contribution is 7.16. The first-order valence-electron chi connectivity index (χ1n) is 8.05. The lowest BCUT2D eigenvalue weighted by Gasteiger charge is -2.05. The fraction of sp³-hybridized carbons (Fsp3) is 0.158. The smallest absolute Gasteiger partial charge is 0.326 e. The van der Waals surface area contributed by atoms with Crippen molar-refractivity contribution in [3.8, 4) is 6.07 Å². The molecular weight excluding hydrogens is 386 g/mol. The fourth-order valence-electron chi connectivity index (χ4n) is 2.46. The molecule has 6 nitrogen and oxygen atoms in total. The molecule has 0 fully saturated rings. The normalized spacial score (nSPS) is 11.4. The Hall–Kier alpha value is -2.95. The van der Waals surface area contributed by atoms with Gasteiger partial charge in [-0.15, -0.1) is 0 Å². The van der Waals surface area contributed by atoms with Crippen LogP contribution in [0, 0.1) is 11.3 Å². The monoisotopic (exact) mass is 399 g/mol. The van der Waals surface area contributed by atoms with Gasteiger partial charge in [0.25, 0.3) is 5.91 Å². The Morgan fingerprint density at radius 2 is 2.00 bits per heavy atom. The fourth-order valence-corrected chi connectivity index (χ4v) is 3.76. The molecular formula is C19H14ClN3O3S. The van der Waals surface area contributed by atoms with Crippen LogP contribution in [0.5, 0.6) is 0 Å². The second-order valence-electron chi connectivity index (χ2n) is 5.49. The quantitative estimate of drug-likeness (QED) is 0.628. The van der Waals surface area contributed by atoms with Gasteiger partial charge in [0.2, 0.25) is 0 Å². The summed E-state index contributed by atoms with van der Waals surface area (Å²) in [5, 5.41) is 9.41. The topological polar surface area (TPSA) is 84.5 Å². The van der Waals surface area contributed by atoms with Gasteiger partial charge in [-0.2, -0.15) is 10.3 Å². The second kappa shape index (κ2) is 8.16. The third-order valence-electron chi connectivity index (χ3n) is 3.70. The molecule has 3 rings (SSSR count). The maximum atomic E-state index is 12.5. The lowest BCUT2D eigenvalue weighted by Crippen LogP contribution is -2.23. The molecule has 3 aromatic rings. The van der Waals surface area contributed by atoms with Crippen LogP contribution in [0.15, 0.2) is 47.5 Å².